The number of aromatic nitrogens is 2. The summed E-state index contributed by atoms with van der Waals surface area (Å²) in [5, 5.41) is 3.32. The van der Waals surface area contributed by atoms with Gasteiger partial charge in [0.15, 0.2) is 0 Å². The molecule has 0 unspecified atom stereocenters. The fraction of sp³-hybridized carbons (Fsp3) is 0.667. The lowest BCUT2D eigenvalue weighted by atomic mass is 10.2. The van der Waals surface area contributed by atoms with E-state index in [4.69, 9.17) is 5.73 Å². The third-order valence-electron chi connectivity index (χ3n) is 2.30. The van der Waals surface area contributed by atoms with Crippen LogP contribution in [0.25, 0.3) is 0 Å². The fourth-order valence-electron chi connectivity index (χ4n) is 1.33. The van der Waals surface area contributed by atoms with Gasteiger partial charge in [0.05, 0.1) is 17.6 Å². The van der Waals surface area contributed by atoms with Crippen LogP contribution in [0, 0.1) is 5.92 Å². The van der Waals surface area contributed by atoms with Crippen LogP contribution in [0.15, 0.2) is 6.20 Å². The zero-order valence-electron chi connectivity index (χ0n) is 10.6. The third kappa shape index (κ3) is 3.45. The summed E-state index contributed by atoms with van der Waals surface area (Å²) in [6.07, 6.45) is 1.84. The average Bonchev–Trinajstić information content (AvgIpc) is 2.25. The molecular formula is C12H22N4. The third-order valence-corrected chi connectivity index (χ3v) is 2.30. The van der Waals surface area contributed by atoms with Crippen molar-refractivity contribution in [3.05, 3.63) is 17.7 Å². The van der Waals surface area contributed by atoms with Gasteiger partial charge in [-0.1, -0.05) is 27.7 Å². The van der Waals surface area contributed by atoms with E-state index in [1.807, 2.05) is 6.20 Å². The van der Waals surface area contributed by atoms with Crippen molar-refractivity contribution < 1.29 is 0 Å². The molecule has 1 rings (SSSR count). The molecule has 4 heteroatoms. The number of nitrogens with one attached hydrogen (secondary N) is 1. The van der Waals surface area contributed by atoms with Crippen LogP contribution in [-0.4, -0.2) is 16.5 Å². The van der Waals surface area contributed by atoms with Crippen LogP contribution in [-0.2, 0) is 6.54 Å². The first-order chi connectivity index (χ1) is 7.54. The molecule has 0 aromatic carbocycles. The Hall–Kier alpha value is -1.16. The van der Waals surface area contributed by atoms with E-state index in [2.05, 4.69) is 43.0 Å². The van der Waals surface area contributed by atoms with E-state index in [0.717, 1.165) is 23.8 Å². The smallest absolute Gasteiger partial charge is 0.131 e. The largest absolute Gasteiger partial charge is 0.382 e. The Balaban J connectivity index is 2.84. The van der Waals surface area contributed by atoms with Crippen molar-refractivity contribution in [3.8, 4) is 0 Å². The summed E-state index contributed by atoms with van der Waals surface area (Å²) in [6, 6.07) is 0. The maximum Gasteiger partial charge on any atom is 0.131 e. The molecule has 0 spiro atoms. The Morgan fingerprint density at radius 1 is 1.31 bits per heavy atom. The van der Waals surface area contributed by atoms with Crippen molar-refractivity contribution in [1.82, 2.24) is 9.97 Å². The Morgan fingerprint density at radius 3 is 2.50 bits per heavy atom. The van der Waals surface area contributed by atoms with Gasteiger partial charge in [-0.3, -0.25) is 0 Å². The number of hydrogen-bond acceptors (Lipinski definition) is 4. The highest BCUT2D eigenvalue weighted by Crippen LogP contribution is 2.16. The summed E-state index contributed by atoms with van der Waals surface area (Å²) in [5.74, 6) is 1.79. The molecule has 0 bridgehead atoms. The summed E-state index contributed by atoms with van der Waals surface area (Å²) in [7, 11) is 0. The van der Waals surface area contributed by atoms with Gasteiger partial charge in [0.2, 0.25) is 0 Å². The van der Waals surface area contributed by atoms with E-state index in [9.17, 15) is 0 Å². The van der Waals surface area contributed by atoms with Gasteiger partial charge < -0.3 is 11.1 Å². The van der Waals surface area contributed by atoms with Crippen molar-refractivity contribution in [2.75, 3.05) is 11.9 Å². The average molecular weight is 222 g/mol. The zero-order valence-corrected chi connectivity index (χ0v) is 10.6. The van der Waals surface area contributed by atoms with Gasteiger partial charge in [0.25, 0.3) is 0 Å². The normalized spacial score (nSPS) is 11.2. The molecule has 0 atom stereocenters. The van der Waals surface area contributed by atoms with Gasteiger partial charge in [-0.15, -0.1) is 0 Å². The van der Waals surface area contributed by atoms with Crippen molar-refractivity contribution in [1.29, 1.82) is 0 Å². The van der Waals surface area contributed by atoms with E-state index in [1.165, 1.54) is 0 Å². The lowest BCUT2D eigenvalue weighted by molar-refractivity contribution is 0.685. The van der Waals surface area contributed by atoms with Gasteiger partial charge in [0, 0.05) is 19.0 Å². The fourth-order valence-corrected chi connectivity index (χ4v) is 1.33. The molecule has 0 fully saturated rings. The summed E-state index contributed by atoms with van der Waals surface area (Å²) in [5.41, 5.74) is 7.56. The molecule has 90 valence electrons. The first-order valence-corrected chi connectivity index (χ1v) is 5.84. The Kier molecular flexibility index (Phi) is 4.68. The number of rotatable bonds is 5. The van der Waals surface area contributed by atoms with Crippen molar-refractivity contribution in [2.45, 2.75) is 40.2 Å². The molecule has 0 amide bonds. The van der Waals surface area contributed by atoms with Crippen LogP contribution >= 0.6 is 0 Å². The molecule has 0 aliphatic heterocycles. The summed E-state index contributed by atoms with van der Waals surface area (Å²) in [6.45, 7) is 9.85. The summed E-state index contributed by atoms with van der Waals surface area (Å²) < 4.78 is 0. The molecule has 0 aliphatic carbocycles. The monoisotopic (exact) mass is 222 g/mol. The first-order valence-electron chi connectivity index (χ1n) is 5.84. The van der Waals surface area contributed by atoms with E-state index < -0.39 is 0 Å². The molecule has 1 heterocycles. The zero-order chi connectivity index (χ0) is 12.1. The van der Waals surface area contributed by atoms with E-state index in [1.54, 1.807) is 0 Å². The van der Waals surface area contributed by atoms with Crippen molar-refractivity contribution in [2.24, 2.45) is 11.7 Å². The molecule has 16 heavy (non-hydrogen) atoms. The molecule has 0 radical (unpaired) electrons. The van der Waals surface area contributed by atoms with Crippen LogP contribution in [0.2, 0.25) is 0 Å². The standard InChI is InChI=1S/C12H22N4/c1-8(2)6-14-11-7-15-12(9(3)4)16-10(11)5-13/h7-9,14H,5-6,13H2,1-4H3. The number of hydrogen-bond donors (Lipinski definition) is 2. The van der Waals surface area contributed by atoms with Crippen molar-refractivity contribution in [3.63, 3.8) is 0 Å². The minimum Gasteiger partial charge on any atom is -0.382 e. The Morgan fingerprint density at radius 2 is 2.00 bits per heavy atom. The van der Waals surface area contributed by atoms with Crippen LogP contribution in [0.1, 0.15) is 45.1 Å². The maximum absolute atomic E-state index is 5.70. The van der Waals surface area contributed by atoms with Gasteiger partial charge in [-0.05, 0) is 5.92 Å². The maximum atomic E-state index is 5.70. The Bertz CT molecular complexity index is 334. The van der Waals surface area contributed by atoms with Crippen LogP contribution in [0.3, 0.4) is 0 Å². The molecule has 0 saturated heterocycles. The number of nitrogens with zero attached hydrogens (tertiary/aromatic N) is 2. The van der Waals surface area contributed by atoms with Gasteiger partial charge in [-0.25, -0.2) is 9.97 Å². The molecule has 0 saturated carbocycles. The molecule has 0 aliphatic rings. The second-order valence-electron chi connectivity index (χ2n) is 4.72. The SMILES string of the molecule is CC(C)CNc1cnc(C(C)C)nc1CN. The summed E-state index contributed by atoms with van der Waals surface area (Å²) in [4.78, 5) is 8.81. The van der Waals surface area contributed by atoms with Gasteiger partial charge in [0.1, 0.15) is 5.82 Å². The predicted molar refractivity (Wildman–Crippen MR) is 67.3 cm³/mol. The van der Waals surface area contributed by atoms with E-state index in [-0.39, 0.29) is 0 Å². The highest BCUT2D eigenvalue weighted by molar-refractivity contribution is 5.46. The lowest BCUT2D eigenvalue weighted by Gasteiger charge is -2.13. The highest BCUT2D eigenvalue weighted by Gasteiger charge is 2.08. The number of nitrogens with two attached hydrogens (primary N) is 1. The second-order valence-corrected chi connectivity index (χ2v) is 4.72. The summed E-state index contributed by atoms with van der Waals surface area (Å²) >= 11 is 0. The van der Waals surface area contributed by atoms with Crippen molar-refractivity contribution >= 4 is 5.69 Å². The first kappa shape index (κ1) is 12.9. The van der Waals surface area contributed by atoms with E-state index >= 15 is 0 Å². The predicted octanol–water partition coefficient (Wildman–Crippen LogP) is 2.13. The second kappa shape index (κ2) is 5.80. The van der Waals surface area contributed by atoms with Crippen LogP contribution in [0.5, 0.6) is 0 Å². The van der Waals surface area contributed by atoms with Gasteiger partial charge in [-0.2, -0.15) is 0 Å². The van der Waals surface area contributed by atoms with Crippen LogP contribution in [0.4, 0.5) is 5.69 Å². The lowest BCUT2D eigenvalue weighted by Crippen LogP contribution is -2.14. The molecule has 1 aromatic heterocycles. The highest BCUT2D eigenvalue weighted by atomic mass is 15.0. The topological polar surface area (TPSA) is 63.8 Å². The Labute approximate surface area is 97.7 Å². The molecule has 4 nitrogen and oxygen atoms in total. The quantitative estimate of drug-likeness (QED) is 0.801. The van der Waals surface area contributed by atoms with Crippen LogP contribution < -0.4 is 11.1 Å². The van der Waals surface area contributed by atoms with Gasteiger partial charge >= 0.3 is 0 Å². The minimum absolute atomic E-state index is 0.337. The molecule has 1 aromatic rings. The number of anilines is 1. The minimum atomic E-state index is 0.337. The van der Waals surface area contributed by atoms with E-state index in [0.29, 0.717) is 18.4 Å². The molecule has 3 N–H and O–H groups in total. The molecular weight excluding hydrogens is 200 g/mol.